The number of nitrogens with zero attached hydrogens (tertiary/aromatic N) is 1. The van der Waals surface area contributed by atoms with Crippen LogP contribution in [0.15, 0.2) is 18.2 Å². The lowest BCUT2D eigenvalue weighted by atomic mass is 10.1. The van der Waals surface area contributed by atoms with Crippen molar-refractivity contribution in [3.05, 3.63) is 29.3 Å². The zero-order valence-corrected chi connectivity index (χ0v) is 12.0. The second-order valence-electron chi connectivity index (χ2n) is 5.40. The van der Waals surface area contributed by atoms with Gasteiger partial charge in [0.15, 0.2) is 0 Å². The molecule has 19 heavy (non-hydrogen) atoms. The van der Waals surface area contributed by atoms with Gasteiger partial charge in [-0.25, -0.2) is 0 Å². The quantitative estimate of drug-likeness (QED) is 0.855. The SMILES string of the molecule is Cc1ccc(OCCN2CCCCC2)c(CCN)c1. The smallest absolute Gasteiger partial charge is 0.122 e. The van der Waals surface area contributed by atoms with Gasteiger partial charge < -0.3 is 10.5 Å². The molecule has 106 valence electrons. The highest BCUT2D eigenvalue weighted by molar-refractivity contribution is 5.37. The normalized spacial score (nSPS) is 16.5. The van der Waals surface area contributed by atoms with Crippen LogP contribution in [0.1, 0.15) is 30.4 Å². The maximum atomic E-state index is 5.95. The van der Waals surface area contributed by atoms with Gasteiger partial charge in [0.25, 0.3) is 0 Å². The third kappa shape index (κ3) is 4.51. The highest BCUT2D eigenvalue weighted by atomic mass is 16.5. The molecule has 0 unspecified atom stereocenters. The van der Waals surface area contributed by atoms with Crippen molar-refractivity contribution in [1.29, 1.82) is 0 Å². The van der Waals surface area contributed by atoms with Crippen LogP contribution in [-0.4, -0.2) is 37.7 Å². The van der Waals surface area contributed by atoms with E-state index in [0.717, 1.165) is 25.3 Å². The number of aryl methyl sites for hydroxylation is 1. The molecule has 0 atom stereocenters. The molecule has 1 aliphatic rings. The van der Waals surface area contributed by atoms with Crippen LogP contribution in [0.5, 0.6) is 5.75 Å². The van der Waals surface area contributed by atoms with Crippen molar-refractivity contribution >= 4 is 0 Å². The number of hydrogen-bond donors (Lipinski definition) is 1. The summed E-state index contributed by atoms with van der Waals surface area (Å²) in [4.78, 5) is 2.50. The summed E-state index contributed by atoms with van der Waals surface area (Å²) >= 11 is 0. The molecule has 1 heterocycles. The average molecular weight is 262 g/mol. The first-order valence-electron chi connectivity index (χ1n) is 7.44. The molecule has 0 aromatic heterocycles. The van der Waals surface area contributed by atoms with Gasteiger partial charge in [0, 0.05) is 6.54 Å². The van der Waals surface area contributed by atoms with Crippen LogP contribution in [0.25, 0.3) is 0 Å². The van der Waals surface area contributed by atoms with E-state index in [9.17, 15) is 0 Å². The maximum Gasteiger partial charge on any atom is 0.122 e. The number of nitrogens with two attached hydrogens (primary N) is 1. The van der Waals surface area contributed by atoms with Crippen molar-refractivity contribution in [3.63, 3.8) is 0 Å². The van der Waals surface area contributed by atoms with Crippen LogP contribution in [0.2, 0.25) is 0 Å². The van der Waals surface area contributed by atoms with E-state index in [-0.39, 0.29) is 0 Å². The van der Waals surface area contributed by atoms with Gasteiger partial charge in [-0.05, 0) is 57.5 Å². The fourth-order valence-corrected chi connectivity index (χ4v) is 2.67. The van der Waals surface area contributed by atoms with Gasteiger partial charge in [-0.1, -0.05) is 24.1 Å². The highest BCUT2D eigenvalue weighted by Gasteiger charge is 2.10. The molecule has 3 nitrogen and oxygen atoms in total. The molecule has 0 aliphatic carbocycles. The molecule has 1 aromatic carbocycles. The van der Waals surface area contributed by atoms with Gasteiger partial charge in [-0.3, -0.25) is 4.90 Å². The Morgan fingerprint density at radius 2 is 2.00 bits per heavy atom. The van der Waals surface area contributed by atoms with Crippen LogP contribution in [0.4, 0.5) is 0 Å². The fourth-order valence-electron chi connectivity index (χ4n) is 2.67. The number of hydrogen-bond acceptors (Lipinski definition) is 3. The molecule has 1 aromatic rings. The van der Waals surface area contributed by atoms with E-state index in [1.807, 2.05) is 0 Å². The molecule has 0 radical (unpaired) electrons. The molecule has 3 heteroatoms. The Morgan fingerprint density at radius 3 is 2.74 bits per heavy atom. The Balaban J connectivity index is 1.84. The first-order valence-corrected chi connectivity index (χ1v) is 7.44. The summed E-state index contributed by atoms with van der Waals surface area (Å²) in [6, 6.07) is 6.37. The van der Waals surface area contributed by atoms with E-state index in [0.29, 0.717) is 6.54 Å². The fraction of sp³-hybridized carbons (Fsp3) is 0.625. The average Bonchev–Trinajstić information content (AvgIpc) is 2.43. The van der Waals surface area contributed by atoms with E-state index in [2.05, 4.69) is 30.0 Å². The predicted octanol–water partition coefficient (Wildman–Crippen LogP) is 2.36. The molecule has 1 saturated heterocycles. The van der Waals surface area contributed by atoms with Gasteiger partial charge in [-0.2, -0.15) is 0 Å². The molecule has 0 amide bonds. The molecule has 1 aliphatic heterocycles. The summed E-state index contributed by atoms with van der Waals surface area (Å²) in [5, 5.41) is 0. The van der Waals surface area contributed by atoms with Gasteiger partial charge >= 0.3 is 0 Å². The van der Waals surface area contributed by atoms with Gasteiger partial charge in [0.05, 0.1) is 0 Å². The van der Waals surface area contributed by atoms with Gasteiger partial charge in [-0.15, -0.1) is 0 Å². The molecular formula is C16H26N2O. The second kappa shape index (κ2) is 7.51. The van der Waals surface area contributed by atoms with E-state index in [1.165, 1.54) is 43.5 Å². The second-order valence-corrected chi connectivity index (χ2v) is 5.40. The number of likely N-dealkylation sites (tertiary alicyclic amines) is 1. The minimum atomic E-state index is 0.673. The van der Waals surface area contributed by atoms with Crippen molar-refractivity contribution < 1.29 is 4.74 Å². The Hall–Kier alpha value is -1.06. The van der Waals surface area contributed by atoms with E-state index < -0.39 is 0 Å². The Kier molecular flexibility index (Phi) is 5.67. The van der Waals surface area contributed by atoms with Crippen LogP contribution < -0.4 is 10.5 Å². The minimum absolute atomic E-state index is 0.673. The first-order chi connectivity index (χ1) is 9.29. The first kappa shape index (κ1) is 14.4. The zero-order chi connectivity index (χ0) is 13.5. The van der Waals surface area contributed by atoms with Crippen molar-refractivity contribution in [1.82, 2.24) is 4.90 Å². The van der Waals surface area contributed by atoms with E-state index >= 15 is 0 Å². The maximum absolute atomic E-state index is 5.95. The summed E-state index contributed by atoms with van der Waals surface area (Å²) in [6.07, 6.45) is 4.95. The lowest BCUT2D eigenvalue weighted by Crippen LogP contribution is -2.33. The minimum Gasteiger partial charge on any atom is -0.492 e. The van der Waals surface area contributed by atoms with Crippen molar-refractivity contribution in [2.24, 2.45) is 5.73 Å². The molecule has 0 saturated carbocycles. The Labute approximate surface area is 116 Å². The molecule has 0 spiro atoms. The summed E-state index contributed by atoms with van der Waals surface area (Å²) in [7, 11) is 0. The van der Waals surface area contributed by atoms with Gasteiger partial charge in [0.2, 0.25) is 0 Å². The number of benzene rings is 1. The lowest BCUT2D eigenvalue weighted by molar-refractivity contribution is 0.183. The molecule has 1 fully saturated rings. The number of piperidine rings is 1. The standard InChI is InChI=1S/C16H26N2O/c1-14-5-6-16(15(13-14)7-8-17)19-12-11-18-9-3-2-4-10-18/h5-6,13H,2-4,7-12,17H2,1H3. The van der Waals surface area contributed by atoms with Crippen molar-refractivity contribution in [2.45, 2.75) is 32.6 Å². The number of rotatable bonds is 6. The summed E-state index contributed by atoms with van der Waals surface area (Å²) in [5.41, 5.74) is 8.17. The predicted molar refractivity (Wildman–Crippen MR) is 79.7 cm³/mol. The summed E-state index contributed by atoms with van der Waals surface area (Å²) in [6.45, 7) is 7.06. The molecule has 2 rings (SSSR count). The van der Waals surface area contributed by atoms with Crippen molar-refractivity contribution in [2.75, 3.05) is 32.8 Å². The van der Waals surface area contributed by atoms with Crippen LogP contribution in [0, 0.1) is 6.92 Å². The Morgan fingerprint density at radius 1 is 1.21 bits per heavy atom. The molecule has 2 N–H and O–H groups in total. The Bertz CT molecular complexity index is 386. The van der Waals surface area contributed by atoms with Crippen LogP contribution in [0.3, 0.4) is 0 Å². The number of ether oxygens (including phenoxy) is 1. The zero-order valence-electron chi connectivity index (χ0n) is 12.0. The van der Waals surface area contributed by atoms with Gasteiger partial charge in [0.1, 0.15) is 12.4 Å². The topological polar surface area (TPSA) is 38.5 Å². The largest absolute Gasteiger partial charge is 0.492 e. The lowest BCUT2D eigenvalue weighted by Gasteiger charge is -2.26. The van der Waals surface area contributed by atoms with Crippen molar-refractivity contribution in [3.8, 4) is 5.75 Å². The third-order valence-corrected chi connectivity index (χ3v) is 3.74. The van der Waals surface area contributed by atoms with Crippen LogP contribution >= 0.6 is 0 Å². The molecular weight excluding hydrogens is 236 g/mol. The summed E-state index contributed by atoms with van der Waals surface area (Å²) < 4.78 is 5.95. The third-order valence-electron chi connectivity index (χ3n) is 3.74. The highest BCUT2D eigenvalue weighted by Crippen LogP contribution is 2.20. The van der Waals surface area contributed by atoms with Crippen LogP contribution in [-0.2, 0) is 6.42 Å². The molecule has 0 bridgehead atoms. The van der Waals surface area contributed by atoms with E-state index in [4.69, 9.17) is 10.5 Å². The monoisotopic (exact) mass is 262 g/mol. The van der Waals surface area contributed by atoms with E-state index in [1.54, 1.807) is 0 Å². The summed E-state index contributed by atoms with van der Waals surface area (Å²) in [5.74, 6) is 1.01.